The van der Waals surface area contributed by atoms with Crippen LogP contribution in [0.5, 0.6) is 0 Å². The van der Waals surface area contributed by atoms with Gasteiger partial charge in [-0.2, -0.15) is 0 Å². The molecule has 1 saturated carbocycles. The van der Waals surface area contributed by atoms with Gasteiger partial charge >= 0.3 is 0 Å². The van der Waals surface area contributed by atoms with Crippen LogP contribution in [0.3, 0.4) is 0 Å². The minimum absolute atomic E-state index is 0.178. The van der Waals surface area contributed by atoms with Crippen molar-refractivity contribution in [2.24, 2.45) is 11.3 Å². The molecule has 0 aromatic heterocycles. The highest BCUT2D eigenvalue weighted by Gasteiger charge is 2.49. The number of rotatable bonds is 1. The molecule has 1 aliphatic carbocycles. The van der Waals surface area contributed by atoms with Crippen LogP contribution >= 0.6 is 0 Å². The van der Waals surface area contributed by atoms with E-state index < -0.39 is 0 Å². The Kier molecular flexibility index (Phi) is 3.40. The molecule has 0 bridgehead atoms. The molecule has 0 amide bonds. The van der Waals surface area contributed by atoms with Crippen molar-refractivity contribution in [1.82, 2.24) is 0 Å². The van der Waals surface area contributed by atoms with Crippen molar-refractivity contribution < 1.29 is 9.47 Å². The maximum atomic E-state index is 6.30. The zero-order valence-corrected chi connectivity index (χ0v) is 12.1. The Hall–Kier alpha value is -0.860. The Labute approximate surface area is 116 Å². The minimum Gasteiger partial charge on any atom is -0.345 e. The van der Waals surface area contributed by atoms with E-state index in [2.05, 4.69) is 32.9 Å². The van der Waals surface area contributed by atoms with Crippen LogP contribution in [0.1, 0.15) is 51.9 Å². The molecule has 1 heterocycles. The van der Waals surface area contributed by atoms with Crippen LogP contribution in [0.15, 0.2) is 30.3 Å². The summed E-state index contributed by atoms with van der Waals surface area (Å²) in [5.41, 5.74) is 1.31. The van der Waals surface area contributed by atoms with Gasteiger partial charge in [0.1, 0.15) is 0 Å². The average Bonchev–Trinajstić information content (AvgIpc) is 2.42. The fraction of sp³-hybridized carbons (Fsp3) is 0.647. The van der Waals surface area contributed by atoms with Gasteiger partial charge in [0.25, 0.3) is 0 Å². The third kappa shape index (κ3) is 2.32. The highest BCUT2D eigenvalue weighted by molar-refractivity contribution is 5.17. The molecule has 2 aliphatic rings. The monoisotopic (exact) mass is 260 g/mol. The summed E-state index contributed by atoms with van der Waals surface area (Å²) in [4.78, 5) is 0. The largest absolute Gasteiger partial charge is 0.345 e. The molecule has 1 aromatic carbocycles. The Bertz CT molecular complexity index is 430. The number of fused-ring (bicyclic) bond motifs is 1. The molecular formula is C17H24O2. The van der Waals surface area contributed by atoms with E-state index in [1.54, 1.807) is 0 Å². The average molecular weight is 260 g/mol. The molecule has 19 heavy (non-hydrogen) atoms. The van der Waals surface area contributed by atoms with Crippen LogP contribution in [-0.2, 0) is 9.47 Å². The number of ether oxygens (including phenoxy) is 2. The lowest BCUT2D eigenvalue weighted by Gasteiger charge is -2.52. The summed E-state index contributed by atoms with van der Waals surface area (Å²) in [7, 11) is 0. The number of hydrogen-bond acceptors (Lipinski definition) is 2. The second-order valence-corrected chi connectivity index (χ2v) is 6.53. The summed E-state index contributed by atoms with van der Waals surface area (Å²) >= 11 is 0. The van der Waals surface area contributed by atoms with Crippen molar-refractivity contribution in [2.75, 3.05) is 0 Å². The summed E-state index contributed by atoms with van der Waals surface area (Å²) in [5, 5.41) is 0. The van der Waals surface area contributed by atoms with E-state index in [0.717, 1.165) is 17.9 Å². The van der Waals surface area contributed by atoms with Crippen molar-refractivity contribution in [2.45, 2.75) is 58.5 Å². The highest BCUT2D eigenvalue weighted by Crippen LogP contribution is 2.49. The smallest absolute Gasteiger partial charge is 0.184 e. The molecule has 0 N–H and O–H groups in total. The van der Waals surface area contributed by atoms with Gasteiger partial charge in [0.05, 0.1) is 12.2 Å². The molecule has 2 fully saturated rings. The van der Waals surface area contributed by atoms with Crippen molar-refractivity contribution in [1.29, 1.82) is 0 Å². The zero-order chi connectivity index (χ0) is 13.5. The Balaban J connectivity index is 1.82. The summed E-state index contributed by atoms with van der Waals surface area (Å²) in [5.74, 6) is 0.764. The Morgan fingerprint density at radius 1 is 1.11 bits per heavy atom. The van der Waals surface area contributed by atoms with E-state index in [1.165, 1.54) is 12.8 Å². The van der Waals surface area contributed by atoms with Gasteiger partial charge in [-0.3, -0.25) is 0 Å². The Morgan fingerprint density at radius 2 is 1.84 bits per heavy atom. The Morgan fingerprint density at radius 3 is 2.58 bits per heavy atom. The molecule has 1 aromatic rings. The van der Waals surface area contributed by atoms with E-state index in [9.17, 15) is 0 Å². The summed E-state index contributed by atoms with van der Waals surface area (Å²) in [6.45, 7) is 6.87. The predicted octanol–water partition coefficient (Wildman–Crippen LogP) is 4.32. The molecular weight excluding hydrogens is 236 g/mol. The van der Waals surface area contributed by atoms with Crippen molar-refractivity contribution in [3.8, 4) is 0 Å². The first-order chi connectivity index (χ1) is 9.09. The quantitative estimate of drug-likeness (QED) is 0.749. The zero-order valence-electron chi connectivity index (χ0n) is 12.1. The number of benzene rings is 1. The first-order valence-electron chi connectivity index (χ1n) is 7.45. The lowest BCUT2D eigenvalue weighted by molar-refractivity contribution is -0.309. The normalized spacial score (nSPS) is 42.7. The lowest BCUT2D eigenvalue weighted by Crippen LogP contribution is -2.52. The summed E-state index contributed by atoms with van der Waals surface area (Å²) in [6.07, 6.45) is 4.04. The van der Waals surface area contributed by atoms with Crippen molar-refractivity contribution >= 4 is 0 Å². The van der Waals surface area contributed by atoms with E-state index >= 15 is 0 Å². The summed E-state index contributed by atoms with van der Waals surface area (Å²) < 4.78 is 12.5. The van der Waals surface area contributed by atoms with E-state index in [1.807, 2.05) is 18.2 Å². The number of hydrogen-bond donors (Lipinski definition) is 0. The SMILES string of the molecule is C[C@@H]1CC[C@]2(C)[C@H](C1)OC(c1ccccc1)O[C@@H]2C. The van der Waals surface area contributed by atoms with Crippen LogP contribution in [0.25, 0.3) is 0 Å². The van der Waals surface area contributed by atoms with E-state index in [0.29, 0.717) is 6.10 Å². The minimum atomic E-state index is -0.195. The van der Waals surface area contributed by atoms with Gasteiger partial charge in [-0.25, -0.2) is 0 Å². The van der Waals surface area contributed by atoms with Crippen molar-refractivity contribution in [3.63, 3.8) is 0 Å². The highest BCUT2D eigenvalue weighted by atomic mass is 16.7. The lowest BCUT2D eigenvalue weighted by atomic mass is 9.66. The fourth-order valence-corrected chi connectivity index (χ4v) is 3.44. The first-order valence-corrected chi connectivity index (χ1v) is 7.45. The molecule has 5 atom stereocenters. The second kappa shape index (κ2) is 4.92. The third-order valence-corrected chi connectivity index (χ3v) is 5.14. The first kappa shape index (κ1) is 13.1. The molecule has 3 rings (SSSR count). The van der Waals surface area contributed by atoms with Crippen LogP contribution in [0.2, 0.25) is 0 Å². The van der Waals surface area contributed by atoms with Gasteiger partial charge in [-0.1, -0.05) is 44.2 Å². The summed E-state index contributed by atoms with van der Waals surface area (Å²) in [6, 6.07) is 10.3. The molecule has 104 valence electrons. The van der Waals surface area contributed by atoms with Crippen molar-refractivity contribution in [3.05, 3.63) is 35.9 Å². The third-order valence-electron chi connectivity index (χ3n) is 5.14. The predicted molar refractivity (Wildman–Crippen MR) is 75.7 cm³/mol. The van der Waals surface area contributed by atoms with Gasteiger partial charge in [-0.15, -0.1) is 0 Å². The van der Waals surface area contributed by atoms with Gasteiger partial charge in [0, 0.05) is 11.0 Å². The molecule has 1 saturated heterocycles. The molecule has 2 nitrogen and oxygen atoms in total. The fourth-order valence-electron chi connectivity index (χ4n) is 3.44. The molecule has 1 unspecified atom stereocenters. The maximum absolute atomic E-state index is 6.30. The topological polar surface area (TPSA) is 18.5 Å². The molecule has 0 spiro atoms. The van der Waals surface area contributed by atoms with Gasteiger partial charge in [-0.05, 0) is 32.1 Å². The van der Waals surface area contributed by atoms with E-state index in [-0.39, 0.29) is 17.8 Å². The van der Waals surface area contributed by atoms with Crippen LogP contribution in [0, 0.1) is 11.3 Å². The van der Waals surface area contributed by atoms with Gasteiger partial charge in [0.15, 0.2) is 6.29 Å². The maximum Gasteiger partial charge on any atom is 0.184 e. The van der Waals surface area contributed by atoms with Gasteiger partial charge in [0.2, 0.25) is 0 Å². The second-order valence-electron chi connectivity index (χ2n) is 6.53. The molecule has 2 heteroatoms. The van der Waals surface area contributed by atoms with Crippen LogP contribution < -0.4 is 0 Å². The standard InChI is InChI=1S/C17H24O2/c1-12-9-10-17(3)13(2)18-16(19-15(17)11-12)14-7-5-4-6-8-14/h4-8,12-13,15-16H,9-11H2,1-3H3/t12-,13-,15+,16?,17+/m1/s1. The van der Waals surface area contributed by atoms with E-state index in [4.69, 9.17) is 9.47 Å². The van der Waals surface area contributed by atoms with Crippen LogP contribution in [-0.4, -0.2) is 12.2 Å². The van der Waals surface area contributed by atoms with Crippen LogP contribution in [0.4, 0.5) is 0 Å². The molecule has 0 radical (unpaired) electrons. The molecule has 1 aliphatic heterocycles. The van der Waals surface area contributed by atoms with Gasteiger partial charge < -0.3 is 9.47 Å².